The van der Waals surface area contributed by atoms with Crippen molar-refractivity contribution in [1.29, 1.82) is 0 Å². The molecule has 0 radical (unpaired) electrons. The number of carbonyl (C=O) groups excluding carboxylic acids is 1. The Morgan fingerprint density at radius 2 is 1.86 bits per heavy atom. The minimum Gasteiger partial charge on any atom is -0.354 e. The molecule has 0 unspecified atom stereocenters. The van der Waals surface area contributed by atoms with Crippen LogP contribution in [0.2, 0.25) is 0 Å². The molecule has 0 spiro atoms. The van der Waals surface area contributed by atoms with Crippen LogP contribution in [0.1, 0.15) is 19.8 Å². The molecule has 1 rings (SSSR count). The van der Waals surface area contributed by atoms with Gasteiger partial charge in [0.1, 0.15) is 0 Å². The summed E-state index contributed by atoms with van der Waals surface area (Å²) in [6.45, 7) is 1.43. The molecule has 0 aliphatic carbocycles. The topological polar surface area (TPSA) is 66.5 Å². The summed E-state index contributed by atoms with van der Waals surface area (Å²) in [5.74, 6) is -5.03. The number of amides is 1. The second-order valence-corrected chi connectivity index (χ2v) is 6.54. The average molecular weight is 338 g/mol. The van der Waals surface area contributed by atoms with Crippen LogP contribution in [0.25, 0.3) is 0 Å². The minimum atomic E-state index is -3.93. The molecular weight excluding hydrogens is 321 g/mol. The Hall–Kier alpha value is -1.77. The van der Waals surface area contributed by atoms with Crippen LogP contribution in [-0.4, -0.2) is 33.7 Å². The van der Waals surface area contributed by atoms with Gasteiger partial charge in [-0.1, -0.05) is 6.92 Å². The van der Waals surface area contributed by atoms with Gasteiger partial charge < -0.3 is 5.32 Å². The first-order valence-corrected chi connectivity index (χ1v) is 8.41. The summed E-state index contributed by atoms with van der Waals surface area (Å²) in [5.41, 5.74) is -0.605. The molecule has 124 valence electrons. The predicted octanol–water partition coefficient (Wildman–Crippen LogP) is 1.79. The lowest BCUT2D eigenvalue weighted by molar-refractivity contribution is -0.121. The zero-order valence-corrected chi connectivity index (χ0v) is 13.0. The Morgan fingerprint density at radius 1 is 1.23 bits per heavy atom. The summed E-state index contributed by atoms with van der Waals surface area (Å²) in [6.07, 6.45) is 1.71. The van der Waals surface area contributed by atoms with Crippen molar-refractivity contribution >= 4 is 21.6 Å². The summed E-state index contributed by atoms with van der Waals surface area (Å²) in [5, 5.41) is 2.47. The van der Waals surface area contributed by atoms with Gasteiger partial charge in [0.15, 0.2) is 17.5 Å². The molecule has 5 nitrogen and oxygen atoms in total. The number of rotatable bonds is 7. The molecule has 1 N–H and O–H groups in total. The first-order valence-electron chi connectivity index (χ1n) is 6.56. The van der Waals surface area contributed by atoms with Crippen molar-refractivity contribution in [1.82, 2.24) is 5.32 Å². The third kappa shape index (κ3) is 4.62. The number of hydrogen-bond acceptors (Lipinski definition) is 3. The van der Waals surface area contributed by atoms with Crippen LogP contribution in [-0.2, 0) is 14.8 Å². The van der Waals surface area contributed by atoms with Crippen molar-refractivity contribution in [3.63, 3.8) is 0 Å². The highest BCUT2D eigenvalue weighted by Crippen LogP contribution is 2.25. The maximum Gasteiger partial charge on any atom is 0.232 e. The molecule has 0 atom stereocenters. The van der Waals surface area contributed by atoms with Crippen molar-refractivity contribution in [3.05, 3.63) is 29.6 Å². The molecule has 0 aromatic heterocycles. The van der Waals surface area contributed by atoms with Crippen molar-refractivity contribution in [3.8, 4) is 0 Å². The molecular formula is C13H17F3N2O3S. The third-order valence-corrected chi connectivity index (χ3v) is 3.98. The van der Waals surface area contributed by atoms with Crippen LogP contribution in [0.4, 0.5) is 18.9 Å². The fourth-order valence-corrected chi connectivity index (χ4v) is 2.71. The summed E-state index contributed by atoms with van der Waals surface area (Å²) < 4.78 is 63.9. The zero-order chi connectivity index (χ0) is 16.9. The fourth-order valence-electron chi connectivity index (χ4n) is 1.79. The van der Waals surface area contributed by atoms with Crippen LogP contribution in [0.5, 0.6) is 0 Å². The van der Waals surface area contributed by atoms with Gasteiger partial charge in [-0.15, -0.1) is 0 Å². The van der Waals surface area contributed by atoms with Crippen LogP contribution in [0, 0.1) is 17.5 Å². The van der Waals surface area contributed by atoms with E-state index in [9.17, 15) is 26.4 Å². The lowest BCUT2D eigenvalue weighted by Gasteiger charge is -2.23. The van der Waals surface area contributed by atoms with Gasteiger partial charge in [-0.05, 0) is 18.6 Å². The van der Waals surface area contributed by atoms with Crippen LogP contribution < -0.4 is 9.62 Å². The minimum absolute atomic E-state index is 0.0790. The molecule has 0 fully saturated rings. The second kappa shape index (κ2) is 7.48. The highest BCUT2D eigenvalue weighted by Gasteiger charge is 2.24. The van der Waals surface area contributed by atoms with E-state index >= 15 is 0 Å². The van der Waals surface area contributed by atoms with E-state index in [2.05, 4.69) is 5.32 Å². The number of hydrogen-bond donors (Lipinski definition) is 1. The average Bonchev–Trinajstić information content (AvgIpc) is 2.41. The van der Waals surface area contributed by atoms with E-state index in [1.165, 1.54) is 0 Å². The van der Waals surface area contributed by atoms with Gasteiger partial charge in [0.2, 0.25) is 15.9 Å². The number of carbonyl (C=O) groups is 1. The Balaban J connectivity index is 2.97. The zero-order valence-electron chi connectivity index (χ0n) is 12.2. The molecule has 1 aromatic rings. The van der Waals surface area contributed by atoms with E-state index in [1.807, 2.05) is 0 Å². The smallest absolute Gasteiger partial charge is 0.232 e. The van der Waals surface area contributed by atoms with Crippen molar-refractivity contribution in [2.75, 3.05) is 23.7 Å². The van der Waals surface area contributed by atoms with Gasteiger partial charge in [0.25, 0.3) is 0 Å². The SMILES string of the molecule is CCCC(=O)NCCN(c1ccc(F)c(F)c1F)S(C)(=O)=O. The Labute approximate surface area is 127 Å². The van der Waals surface area contributed by atoms with E-state index < -0.39 is 33.2 Å². The predicted molar refractivity (Wildman–Crippen MR) is 76.4 cm³/mol. The normalized spacial score (nSPS) is 11.3. The largest absolute Gasteiger partial charge is 0.354 e. The second-order valence-electron chi connectivity index (χ2n) is 4.63. The van der Waals surface area contributed by atoms with Gasteiger partial charge in [0.05, 0.1) is 18.5 Å². The number of sulfonamides is 1. The van der Waals surface area contributed by atoms with E-state index in [4.69, 9.17) is 0 Å². The summed E-state index contributed by atoms with van der Waals surface area (Å²) >= 11 is 0. The fraction of sp³-hybridized carbons (Fsp3) is 0.462. The molecule has 0 heterocycles. The van der Waals surface area contributed by atoms with Crippen LogP contribution in [0.15, 0.2) is 12.1 Å². The van der Waals surface area contributed by atoms with E-state index in [-0.39, 0.29) is 25.4 Å². The number of halogens is 3. The Kier molecular flexibility index (Phi) is 6.21. The number of benzene rings is 1. The van der Waals surface area contributed by atoms with E-state index in [0.29, 0.717) is 16.8 Å². The summed E-state index contributed by atoms with van der Waals surface area (Å²) in [6, 6.07) is 1.48. The standard InChI is InChI=1S/C13H17F3N2O3S/c1-3-4-11(19)17-7-8-18(22(2,20)21)10-6-5-9(14)12(15)13(10)16/h5-6H,3-4,7-8H2,1-2H3,(H,17,19). The molecule has 0 saturated carbocycles. The first kappa shape index (κ1) is 18.3. The number of anilines is 1. The maximum atomic E-state index is 13.7. The summed E-state index contributed by atoms with van der Waals surface area (Å²) in [4.78, 5) is 11.3. The monoisotopic (exact) mass is 338 g/mol. The highest BCUT2D eigenvalue weighted by atomic mass is 32.2. The molecule has 0 aliphatic heterocycles. The molecule has 0 bridgehead atoms. The van der Waals surface area contributed by atoms with Gasteiger partial charge in [-0.2, -0.15) is 0 Å². The number of nitrogens with zero attached hydrogens (tertiary/aromatic N) is 1. The lowest BCUT2D eigenvalue weighted by atomic mass is 10.2. The van der Waals surface area contributed by atoms with Crippen LogP contribution in [0.3, 0.4) is 0 Å². The number of nitrogens with one attached hydrogen (secondary N) is 1. The maximum absolute atomic E-state index is 13.7. The van der Waals surface area contributed by atoms with Crippen molar-refractivity contribution in [2.24, 2.45) is 0 Å². The van der Waals surface area contributed by atoms with E-state index in [1.54, 1.807) is 6.92 Å². The lowest BCUT2D eigenvalue weighted by Crippen LogP contribution is -2.38. The van der Waals surface area contributed by atoms with Gasteiger partial charge in [-0.25, -0.2) is 21.6 Å². The van der Waals surface area contributed by atoms with Gasteiger partial charge in [0, 0.05) is 13.0 Å². The molecule has 0 saturated heterocycles. The van der Waals surface area contributed by atoms with Crippen molar-refractivity contribution < 1.29 is 26.4 Å². The molecule has 1 aromatic carbocycles. The Bertz CT molecular complexity index is 650. The molecule has 22 heavy (non-hydrogen) atoms. The first-order chi connectivity index (χ1) is 10.2. The molecule has 1 amide bonds. The Morgan fingerprint density at radius 3 is 2.41 bits per heavy atom. The molecule has 0 aliphatic rings. The third-order valence-electron chi connectivity index (χ3n) is 2.80. The quantitative estimate of drug-likeness (QED) is 0.771. The van der Waals surface area contributed by atoms with Gasteiger partial charge in [-0.3, -0.25) is 9.10 Å². The van der Waals surface area contributed by atoms with Crippen molar-refractivity contribution in [2.45, 2.75) is 19.8 Å². The summed E-state index contributed by atoms with van der Waals surface area (Å²) in [7, 11) is -3.93. The van der Waals surface area contributed by atoms with Crippen LogP contribution >= 0.6 is 0 Å². The highest BCUT2D eigenvalue weighted by molar-refractivity contribution is 7.92. The van der Waals surface area contributed by atoms with E-state index in [0.717, 1.165) is 12.3 Å². The van der Waals surface area contributed by atoms with Gasteiger partial charge >= 0.3 is 0 Å². The molecule has 9 heteroatoms.